The van der Waals surface area contributed by atoms with Crippen LogP contribution in [-0.2, 0) is 23.7 Å². The molecule has 2 fully saturated rings. The number of esters is 1. The summed E-state index contributed by atoms with van der Waals surface area (Å²) in [6.07, 6.45) is -4.28. The highest BCUT2D eigenvalue weighted by Crippen LogP contribution is 2.33. The molecule has 2 saturated heterocycles. The maximum Gasteiger partial charge on any atom is 0.303 e. The van der Waals surface area contributed by atoms with Crippen LogP contribution in [0.25, 0.3) is 0 Å². The summed E-state index contributed by atoms with van der Waals surface area (Å²) in [5, 5.41) is 0. The molecule has 5 nitrogen and oxygen atoms in total. The third-order valence-electron chi connectivity index (χ3n) is 3.59. The van der Waals surface area contributed by atoms with Gasteiger partial charge in [0.15, 0.2) is 18.6 Å². The second kappa shape index (κ2) is 6.09. The highest BCUT2D eigenvalue weighted by atomic mass is 19.1. The largest absolute Gasteiger partial charge is 0.457 e. The fourth-order valence-corrected chi connectivity index (χ4v) is 2.59. The lowest BCUT2D eigenvalue weighted by atomic mass is 10.00. The van der Waals surface area contributed by atoms with Crippen molar-refractivity contribution in [3.05, 3.63) is 35.9 Å². The van der Waals surface area contributed by atoms with Gasteiger partial charge in [0.2, 0.25) is 0 Å². The van der Waals surface area contributed by atoms with Crippen molar-refractivity contribution in [2.24, 2.45) is 0 Å². The Morgan fingerprint density at radius 2 is 2.00 bits per heavy atom. The zero-order valence-electron chi connectivity index (χ0n) is 11.6. The van der Waals surface area contributed by atoms with Crippen LogP contribution in [0.15, 0.2) is 30.3 Å². The van der Waals surface area contributed by atoms with Gasteiger partial charge in [-0.3, -0.25) is 4.79 Å². The molecule has 0 saturated carbocycles. The molecule has 1 aromatic rings. The standard InChI is InChI=1S/C15H17FO5/c1-9(17)20-11-7-18-12-8-19-15(21-14(12)13(11)16)10-5-3-2-4-6-10/h2-6,11-15H,7-8H2,1H3/t11-,12+,13-,14+,15?/m0/s1. The van der Waals surface area contributed by atoms with E-state index >= 15 is 0 Å². The van der Waals surface area contributed by atoms with Crippen molar-refractivity contribution in [3.63, 3.8) is 0 Å². The van der Waals surface area contributed by atoms with E-state index in [0.717, 1.165) is 5.56 Å². The van der Waals surface area contributed by atoms with E-state index in [0.29, 0.717) is 0 Å². The minimum atomic E-state index is -1.43. The molecule has 0 radical (unpaired) electrons. The van der Waals surface area contributed by atoms with Crippen LogP contribution in [0.5, 0.6) is 0 Å². The number of ether oxygens (including phenoxy) is 4. The topological polar surface area (TPSA) is 54.0 Å². The maximum absolute atomic E-state index is 14.5. The quantitative estimate of drug-likeness (QED) is 0.779. The fraction of sp³-hybridized carbons (Fsp3) is 0.533. The Balaban J connectivity index is 1.71. The molecule has 0 aliphatic carbocycles. The van der Waals surface area contributed by atoms with Crippen LogP contribution in [0.2, 0.25) is 0 Å². The van der Waals surface area contributed by atoms with E-state index in [2.05, 4.69) is 0 Å². The minimum absolute atomic E-state index is 0.0185. The molecule has 2 aliphatic rings. The molecule has 0 amide bonds. The summed E-state index contributed by atoms with van der Waals surface area (Å²) in [7, 11) is 0. The summed E-state index contributed by atoms with van der Waals surface area (Å²) in [6.45, 7) is 1.51. The molecule has 5 atom stereocenters. The molecule has 2 aliphatic heterocycles. The number of benzene rings is 1. The van der Waals surface area contributed by atoms with Crippen molar-refractivity contribution in [2.75, 3.05) is 13.2 Å². The van der Waals surface area contributed by atoms with E-state index < -0.39 is 36.7 Å². The average Bonchev–Trinajstić information content (AvgIpc) is 2.50. The summed E-state index contributed by atoms with van der Waals surface area (Å²) < 4.78 is 36.2. The second-order valence-corrected chi connectivity index (χ2v) is 5.14. The predicted octanol–water partition coefficient (Wildman–Crippen LogP) is 1.77. The number of fused-ring (bicyclic) bond motifs is 1. The van der Waals surface area contributed by atoms with Gasteiger partial charge in [-0.25, -0.2) is 4.39 Å². The normalized spacial score (nSPS) is 35.8. The fourth-order valence-electron chi connectivity index (χ4n) is 2.59. The summed E-state index contributed by atoms with van der Waals surface area (Å²) in [4.78, 5) is 11.0. The van der Waals surface area contributed by atoms with E-state index in [9.17, 15) is 9.18 Å². The van der Waals surface area contributed by atoms with Crippen LogP contribution in [0, 0.1) is 0 Å². The number of carbonyl (C=O) groups excluding carboxylic acids is 1. The van der Waals surface area contributed by atoms with Crippen molar-refractivity contribution in [1.29, 1.82) is 0 Å². The second-order valence-electron chi connectivity index (χ2n) is 5.14. The van der Waals surface area contributed by atoms with Crippen molar-refractivity contribution in [2.45, 2.75) is 37.7 Å². The van der Waals surface area contributed by atoms with Crippen molar-refractivity contribution < 1.29 is 28.1 Å². The Morgan fingerprint density at radius 3 is 2.71 bits per heavy atom. The predicted molar refractivity (Wildman–Crippen MR) is 70.2 cm³/mol. The first-order chi connectivity index (χ1) is 10.1. The smallest absolute Gasteiger partial charge is 0.303 e. The molecule has 1 aromatic carbocycles. The van der Waals surface area contributed by atoms with Crippen LogP contribution in [0.1, 0.15) is 18.8 Å². The van der Waals surface area contributed by atoms with Gasteiger partial charge in [0, 0.05) is 12.5 Å². The van der Waals surface area contributed by atoms with Gasteiger partial charge in [-0.1, -0.05) is 30.3 Å². The van der Waals surface area contributed by atoms with Gasteiger partial charge in [0.05, 0.1) is 13.2 Å². The number of hydrogen-bond acceptors (Lipinski definition) is 5. The molecule has 2 heterocycles. The lowest BCUT2D eigenvalue weighted by Crippen LogP contribution is -2.57. The van der Waals surface area contributed by atoms with Gasteiger partial charge in [-0.15, -0.1) is 0 Å². The molecule has 0 bridgehead atoms. The summed E-state index contributed by atoms with van der Waals surface area (Å²) in [5.41, 5.74) is 0.817. The Kier molecular flexibility index (Phi) is 4.19. The van der Waals surface area contributed by atoms with Gasteiger partial charge in [0.1, 0.15) is 12.2 Å². The highest BCUT2D eigenvalue weighted by molar-refractivity contribution is 5.66. The maximum atomic E-state index is 14.5. The monoisotopic (exact) mass is 296 g/mol. The van der Waals surface area contributed by atoms with E-state index in [4.69, 9.17) is 18.9 Å². The third kappa shape index (κ3) is 3.07. The lowest BCUT2D eigenvalue weighted by molar-refractivity contribution is -0.306. The van der Waals surface area contributed by atoms with E-state index in [-0.39, 0.29) is 13.2 Å². The summed E-state index contributed by atoms with van der Waals surface area (Å²) >= 11 is 0. The zero-order valence-corrected chi connectivity index (χ0v) is 11.6. The van der Waals surface area contributed by atoms with Crippen molar-refractivity contribution in [1.82, 2.24) is 0 Å². The minimum Gasteiger partial charge on any atom is -0.457 e. The van der Waals surface area contributed by atoms with Crippen LogP contribution >= 0.6 is 0 Å². The van der Waals surface area contributed by atoms with Crippen LogP contribution in [-0.4, -0.2) is 43.7 Å². The third-order valence-corrected chi connectivity index (χ3v) is 3.59. The molecule has 1 unspecified atom stereocenters. The summed E-state index contributed by atoms with van der Waals surface area (Å²) in [6, 6.07) is 9.31. The number of carbonyl (C=O) groups is 1. The number of rotatable bonds is 2. The summed E-state index contributed by atoms with van der Waals surface area (Å²) in [5.74, 6) is -0.531. The van der Waals surface area contributed by atoms with Crippen molar-refractivity contribution in [3.8, 4) is 0 Å². The molecule has 0 spiro atoms. The Morgan fingerprint density at radius 1 is 1.24 bits per heavy atom. The molecular formula is C15H17FO5. The van der Waals surface area contributed by atoms with Crippen LogP contribution in [0.3, 0.4) is 0 Å². The van der Waals surface area contributed by atoms with Gasteiger partial charge in [-0.05, 0) is 0 Å². The first-order valence-electron chi connectivity index (χ1n) is 6.90. The lowest BCUT2D eigenvalue weighted by Gasteiger charge is -2.43. The van der Waals surface area contributed by atoms with Gasteiger partial charge in [0.25, 0.3) is 0 Å². The highest BCUT2D eigenvalue weighted by Gasteiger charge is 2.47. The SMILES string of the molecule is CC(=O)O[C@H]1CO[C@@H]2COC(c3ccccc3)O[C@H]2[C@H]1F. The average molecular weight is 296 g/mol. The van der Waals surface area contributed by atoms with Gasteiger partial charge in [-0.2, -0.15) is 0 Å². The number of halogens is 1. The molecule has 114 valence electrons. The Bertz CT molecular complexity index is 494. The first kappa shape index (κ1) is 14.4. The van der Waals surface area contributed by atoms with Crippen LogP contribution in [0.4, 0.5) is 4.39 Å². The molecular weight excluding hydrogens is 279 g/mol. The molecule has 0 N–H and O–H groups in total. The molecule has 6 heteroatoms. The molecule has 3 rings (SSSR count). The van der Waals surface area contributed by atoms with Gasteiger partial charge < -0.3 is 18.9 Å². The molecule has 0 aromatic heterocycles. The number of alkyl halides is 1. The number of hydrogen-bond donors (Lipinski definition) is 0. The van der Waals surface area contributed by atoms with Crippen molar-refractivity contribution >= 4 is 5.97 Å². The van der Waals surface area contributed by atoms with Crippen LogP contribution < -0.4 is 0 Å². The van der Waals surface area contributed by atoms with E-state index in [1.54, 1.807) is 0 Å². The van der Waals surface area contributed by atoms with E-state index in [1.165, 1.54) is 6.92 Å². The Hall–Kier alpha value is -1.50. The van der Waals surface area contributed by atoms with E-state index in [1.807, 2.05) is 30.3 Å². The molecule has 21 heavy (non-hydrogen) atoms. The first-order valence-corrected chi connectivity index (χ1v) is 6.90. The van der Waals surface area contributed by atoms with Gasteiger partial charge >= 0.3 is 5.97 Å². The Labute approximate surface area is 121 Å². The zero-order chi connectivity index (χ0) is 14.8.